The molecule has 0 aliphatic carbocycles. The summed E-state index contributed by atoms with van der Waals surface area (Å²) >= 11 is 6.08. The number of benzene rings is 2. The fourth-order valence-corrected chi connectivity index (χ4v) is 3.77. The molecule has 0 radical (unpaired) electrons. The first-order chi connectivity index (χ1) is 9.87. The summed E-state index contributed by atoms with van der Waals surface area (Å²) in [7, 11) is -3.48. The van der Waals surface area contributed by atoms with E-state index in [2.05, 4.69) is 4.72 Å². The molecule has 0 aliphatic heterocycles. The van der Waals surface area contributed by atoms with Crippen LogP contribution >= 0.6 is 11.6 Å². The molecule has 2 aromatic carbocycles. The van der Waals surface area contributed by atoms with Crippen LogP contribution in [0.1, 0.15) is 24.1 Å². The highest BCUT2D eigenvalue weighted by Gasteiger charge is 2.18. The molecular weight excluding hydrogens is 308 g/mol. The van der Waals surface area contributed by atoms with Gasteiger partial charge in [0.05, 0.1) is 5.75 Å². The number of rotatable bonds is 5. The number of anilines is 1. The van der Waals surface area contributed by atoms with Gasteiger partial charge in [0, 0.05) is 16.8 Å². The summed E-state index contributed by atoms with van der Waals surface area (Å²) in [4.78, 5) is 0. The molecule has 2 rings (SSSR count). The molecule has 112 valence electrons. The van der Waals surface area contributed by atoms with Crippen molar-refractivity contribution in [1.82, 2.24) is 4.72 Å². The number of hydrogen-bond acceptors (Lipinski definition) is 3. The monoisotopic (exact) mass is 324 g/mol. The average Bonchev–Trinajstić information content (AvgIpc) is 2.37. The molecule has 0 saturated heterocycles. The summed E-state index contributed by atoms with van der Waals surface area (Å²) < 4.78 is 27.1. The van der Waals surface area contributed by atoms with E-state index in [4.69, 9.17) is 17.3 Å². The van der Waals surface area contributed by atoms with Gasteiger partial charge in [0.15, 0.2) is 0 Å². The van der Waals surface area contributed by atoms with Gasteiger partial charge in [-0.25, -0.2) is 13.1 Å². The molecule has 1 atom stereocenters. The van der Waals surface area contributed by atoms with Crippen LogP contribution in [0.4, 0.5) is 5.69 Å². The largest absolute Gasteiger partial charge is 0.399 e. The standard InChI is InChI=1S/C15H17ClN2O2S/c1-11(14-7-2-3-8-15(14)16)18-21(19,20)10-12-5-4-6-13(17)9-12/h2-9,11,18H,10,17H2,1H3. The quantitative estimate of drug-likeness (QED) is 0.830. The number of nitrogen functional groups attached to an aromatic ring is 1. The van der Waals surface area contributed by atoms with Gasteiger partial charge in [0.1, 0.15) is 0 Å². The number of halogens is 1. The van der Waals surface area contributed by atoms with Crippen LogP contribution in [0.5, 0.6) is 0 Å². The molecule has 0 heterocycles. The van der Waals surface area contributed by atoms with Gasteiger partial charge in [0.2, 0.25) is 10.0 Å². The molecule has 0 fully saturated rings. The Balaban J connectivity index is 2.12. The first kappa shape index (κ1) is 15.8. The van der Waals surface area contributed by atoms with E-state index in [-0.39, 0.29) is 5.75 Å². The lowest BCUT2D eigenvalue weighted by Gasteiger charge is -2.16. The summed E-state index contributed by atoms with van der Waals surface area (Å²) in [6.07, 6.45) is 0. The van der Waals surface area contributed by atoms with Gasteiger partial charge in [-0.2, -0.15) is 0 Å². The third-order valence-corrected chi connectivity index (χ3v) is 4.81. The van der Waals surface area contributed by atoms with E-state index in [1.165, 1.54) is 0 Å². The molecule has 0 spiro atoms. The smallest absolute Gasteiger partial charge is 0.216 e. The summed E-state index contributed by atoms with van der Waals surface area (Å²) in [5.74, 6) is -0.118. The van der Waals surface area contributed by atoms with E-state index in [0.717, 1.165) is 5.56 Å². The maximum Gasteiger partial charge on any atom is 0.216 e. The highest BCUT2D eigenvalue weighted by Crippen LogP contribution is 2.23. The minimum absolute atomic E-state index is 0.118. The Morgan fingerprint density at radius 1 is 1.19 bits per heavy atom. The lowest BCUT2D eigenvalue weighted by Crippen LogP contribution is -2.28. The average molecular weight is 325 g/mol. The first-order valence-corrected chi connectivity index (χ1v) is 8.49. The van der Waals surface area contributed by atoms with Crippen LogP contribution in [0.2, 0.25) is 5.02 Å². The zero-order valence-corrected chi connectivity index (χ0v) is 13.2. The molecular formula is C15H17ClN2O2S. The van der Waals surface area contributed by atoms with Crippen molar-refractivity contribution in [2.45, 2.75) is 18.7 Å². The minimum atomic E-state index is -3.48. The number of nitrogens with two attached hydrogens (primary N) is 1. The van der Waals surface area contributed by atoms with E-state index in [1.54, 1.807) is 49.4 Å². The van der Waals surface area contributed by atoms with Gasteiger partial charge in [-0.3, -0.25) is 0 Å². The zero-order chi connectivity index (χ0) is 15.5. The highest BCUT2D eigenvalue weighted by atomic mass is 35.5. The topological polar surface area (TPSA) is 72.2 Å². The van der Waals surface area contributed by atoms with Gasteiger partial charge in [-0.1, -0.05) is 41.9 Å². The third kappa shape index (κ3) is 4.46. The van der Waals surface area contributed by atoms with Gasteiger partial charge in [-0.05, 0) is 36.2 Å². The number of nitrogens with one attached hydrogen (secondary N) is 1. The Morgan fingerprint density at radius 3 is 2.57 bits per heavy atom. The molecule has 3 N–H and O–H groups in total. The molecule has 21 heavy (non-hydrogen) atoms. The molecule has 0 amide bonds. The van der Waals surface area contributed by atoms with Gasteiger partial charge < -0.3 is 5.73 Å². The Morgan fingerprint density at radius 2 is 1.90 bits per heavy atom. The van der Waals surface area contributed by atoms with Crippen molar-refractivity contribution in [2.24, 2.45) is 0 Å². The van der Waals surface area contributed by atoms with Crippen molar-refractivity contribution < 1.29 is 8.42 Å². The Hall–Kier alpha value is -1.56. The second-order valence-corrected chi connectivity index (χ2v) is 7.03. The van der Waals surface area contributed by atoms with Crippen LogP contribution in [-0.2, 0) is 15.8 Å². The molecule has 2 aromatic rings. The highest BCUT2D eigenvalue weighted by molar-refractivity contribution is 7.88. The predicted octanol–water partition coefficient (Wildman–Crippen LogP) is 3.10. The third-order valence-electron chi connectivity index (χ3n) is 3.04. The van der Waals surface area contributed by atoms with Crippen LogP contribution in [0.3, 0.4) is 0 Å². The first-order valence-electron chi connectivity index (χ1n) is 6.46. The molecule has 4 nitrogen and oxygen atoms in total. The fraction of sp³-hybridized carbons (Fsp3) is 0.200. The lowest BCUT2D eigenvalue weighted by molar-refractivity contribution is 0.566. The molecule has 1 unspecified atom stereocenters. The summed E-state index contributed by atoms with van der Waals surface area (Å²) in [5.41, 5.74) is 7.59. The Labute approximate surface area is 130 Å². The van der Waals surface area contributed by atoms with Crippen molar-refractivity contribution in [3.63, 3.8) is 0 Å². The van der Waals surface area contributed by atoms with E-state index in [1.807, 2.05) is 6.07 Å². The second kappa shape index (κ2) is 6.47. The van der Waals surface area contributed by atoms with Crippen LogP contribution in [0.15, 0.2) is 48.5 Å². The molecule has 0 aliphatic rings. The van der Waals surface area contributed by atoms with Crippen molar-refractivity contribution in [3.8, 4) is 0 Å². The van der Waals surface area contributed by atoms with E-state index in [0.29, 0.717) is 16.3 Å². The SMILES string of the molecule is CC(NS(=O)(=O)Cc1cccc(N)c1)c1ccccc1Cl. The Kier molecular flexibility index (Phi) is 4.88. The van der Waals surface area contributed by atoms with E-state index >= 15 is 0 Å². The second-order valence-electron chi connectivity index (χ2n) is 4.87. The summed E-state index contributed by atoms with van der Waals surface area (Å²) in [6.45, 7) is 1.76. The van der Waals surface area contributed by atoms with E-state index in [9.17, 15) is 8.42 Å². The number of sulfonamides is 1. The van der Waals surface area contributed by atoms with Gasteiger partial charge >= 0.3 is 0 Å². The normalized spacial score (nSPS) is 13.0. The van der Waals surface area contributed by atoms with Gasteiger partial charge in [0.25, 0.3) is 0 Å². The lowest BCUT2D eigenvalue weighted by atomic mass is 10.1. The summed E-state index contributed by atoms with van der Waals surface area (Å²) in [5, 5.41) is 0.539. The maximum absolute atomic E-state index is 12.2. The zero-order valence-electron chi connectivity index (χ0n) is 11.6. The van der Waals surface area contributed by atoms with Crippen LogP contribution in [0, 0.1) is 0 Å². The van der Waals surface area contributed by atoms with Gasteiger partial charge in [-0.15, -0.1) is 0 Å². The van der Waals surface area contributed by atoms with E-state index < -0.39 is 16.1 Å². The van der Waals surface area contributed by atoms with Crippen LogP contribution < -0.4 is 10.5 Å². The predicted molar refractivity (Wildman–Crippen MR) is 86.5 cm³/mol. The van der Waals surface area contributed by atoms with Crippen molar-refractivity contribution in [2.75, 3.05) is 5.73 Å². The maximum atomic E-state index is 12.2. The fourth-order valence-electron chi connectivity index (χ4n) is 2.10. The molecule has 0 saturated carbocycles. The molecule has 6 heteroatoms. The molecule has 0 bridgehead atoms. The van der Waals surface area contributed by atoms with Crippen molar-refractivity contribution in [1.29, 1.82) is 0 Å². The number of hydrogen-bond donors (Lipinski definition) is 2. The van der Waals surface area contributed by atoms with Crippen molar-refractivity contribution >= 4 is 27.3 Å². The van der Waals surface area contributed by atoms with Crippen LogP contribution in [0.25, 0.3) is 0 Å². The van der Waals surface area contributed by atoms with Crippen LogP contribution in [-0.4, -0.2) is 8.42 Å². The van der Waals surface area contributed by atoms with Crippen molar-refractivity contribution in [3.05, 3.63) is 64.7 Å². The Bertz CT molecular complexity index is 732. The molecule has 0 aromatic heterocycles. The summed E-state index contributed by atoms with van der Waals surface area (Å²) in [6, 6.07) is 13.6. The minimum Gasteiger partial charge on any atom is -0.399 e.